The second kappa shape index (κ2) is 9.47. The highest BCUT2D eigenvalue weighted by Crippen LogP contribution is 2.39. The molecular weight excluding hydrogens is 392 g/mol. The molecule has 0 aliphatic rings. The van der Waals surface area contributed by atoms with Gasteiger partial charge in [0, 0.05) is 10.9 Å². The minimum absolute atomic E-state index is 0.313. The van der Waals surface area contributed by atoms with Crippen LogP contribution in [0.5, 0.6) is 17.2 Å². The van der Waals surface area contributed by atoms with Crippen molar-refractivity contribution in [2.75, 3.05) is 25.1 Å². The van der Waals surface area contributed by atoms with Crippen molar-refractivity contribution in [1.29, 1.82) is 0 Å². The molecule has 0 bridgehead atoms. The quantitative estimate of drug-likeness (QED) is 0.519. The highest BCUT2D eigenvalue weighted by Gasteiger charge is 2.19. The van der Waals surface area contributed by atoms with Gasteiger partial charge in [-0.15, -0.1) is 11.3 Å². The molecule has 0 saturated carbocycles. The third-order valence-electron chi connectivity index (χ3n) is 3.89. The van der Waals surface area contributed by atoms with Crippen molar-refractivity contribution < 1.29 is 23.4 Å². The number of hydrogen-bond acceptors (Lipinski definition) is 7. The van der Waals surface area contributed by atoms with E-state index in [0.717, 1.165) is 5.76 Å². The van der Waals surface area contributed by atoms with Crippen molar-refractivity contribution in [2.24, 2.45) is 0 Å². The van der Waals surface area contributed by atoms with Gasteiger partial charge in [0.1, 0.15) is 11.5 Å². The molecule has 0 fully saturated rings. The summed E-state index contributed by atoms with van der Waals surface area (Å²) in [6.45, 7) is 8.83. The Hall–Kier alpha value is -3.00. The summed E-state index contributed by atoms with van der Waals surface area (Å²) in [4.78, 5) is 17.3. The van der Waals surface area contributed by atoms with Crippen molar-refractivity contribution in [1.82, 2.24) is 4.98 Å². The molecule has 29 heavy (non-hydrogen) atoms. The van der Waals surface area contributed by atoms with E-state index in [2.05, 4.69) is 10.3 Å². The van der Waals surface area contributed by atoms with Crippen molar-refractivity contribution in [3.05, 3.63) is 41.0 Å². The van der Waals surface area contributed by atoms with Crippen molar-refractivity contribution in [3.63, 3.8) is 0 Å². The Balaban J connectivity index is 1.85. The number of furan rings is 1. The first-order chi connectivity index (χ1) is 14.0. The molecule has 0 saturated heterocycles. The maximum atomic E-state index is 12.8. The fourth-order valence-corrected chi connectivity index (χ4v) is 3.40. The summed E-state index contributed by atoms with van der Waals surface area (Å²) in [7, 11) is 0. The smallest absolute Gasteiger partial charge is 0.257 e. The van der Waals surface area contributed by atoms with Crippen LogP contribution >= 0.6 is 11.3 Å². The standard InChI is InChI=1S/C21H24N2O5S/c1-5-25-17-10-14(11-18(26-6-2)19(17)27-7-3)20(24)23-21-22-15(12-29-21)16-9-8-13(4)28-16/h8-12H,5-7H2,1-4H3,(H,22,23,24). The van der Waals surface area contributed by atoms with Crippen LogP contribution in [0.4, 0.5) is 5.13 Å². The summed E-state index contributed by atoms with van der Waals surface area (Å²) in [5.74, 6) is 2.59. The van der Waals surface area contributed by atoms with E-state index in [1.807, 2.05) is 45.2 Å². The van der Waals surface area contributed by atoms with Gasteiger partial charge in [0.05, 0.1) is 19.8 Å². The maximum Gasteiger partial charge on any atom is 0.257 e. The SMILES string of the molecule is CCOc1cc(C(=O)Nc2nc(-c3ccc(C)o3)cs2)cc(OCC)c1OCC. The van der Waals surface area contributed by atoms with Gasteiger partial charge in [-0.25, -0.2) is 4.98 Å². The van der Waals surface area contributed by atoms with Crippen LogP contribution in [0, 0.1) is 6.92 Å². The highest BCUT2D eigenvalue weighted by atomic mass is 32.1. The van der Waals surface area contributed by atoms with E-state index in [1.165, 1.54) is 11.3 Å². The van der Waals surface area contributed by atoms with E-state index in [1.54, 1.807) is 12.1 Å². The monoisotopic (exact) mass is 416 g/mol. The Kier molecular flexibility index (Phi) is 6.77. The Bertz CT molecular complexity index is 952. The Morgan fingerprint density at radius 3 is 2.28 bits per heavy atom. The van der Waals surface area contributed by atoms with E-state index >= 15 is 0 Å². The molecule has 154 valence electrons. The molecule has 1 N–H and O–H groups in total. The van der Waals surface area contributed by atoms with E-state index in [9.17, 15) is 4.79 Å². The molecule has 0 unspecified atom stereocenters. The molecule has 0 aliphatic carbocycles. The average Bonchev–Trinajstić information content (AvgIpc) is 3.33. The van der Waals surface area contributed by atoms with Gasteiger partial charge in [-0.3, -0.25) is 10.1 Å². The minimum Gasteiger partial charge on any atom is -0.490 e. The summed E-state index contributed by atoms with van der Waals surface area (Å²) in [6.07, 6.45) is 0. The zero-order valence-corrected chi connectivity index (χ0v) is 17.7. The third-order valence-corrected chi connectivity index (χ3v) is 4.65. The van der Waals surface area contributed by atoms with E-state index < -0.39 is 0 Å². The largest absolute Gasteiger partial charge is 0.490 e. The van der Waals surface area contributed by atoms with Gasteiger partial charge in [0.15, 0.2) is 22.4 Å². The topological polar surface area (TPSA) is 82.8 Å². The third kappa shape index (κ3) is 4.89. The van der Waals surface area contributed by atoms with Crippen molar-refractivity contribution in [2.45, 2.75) is 27.7 Å². The number of thiazole rings is 1. The predicted molar refractivity (Wildman–Crippen MR) is 112 cm³/mol. The van der Waals surface area contributed by atoms with Gasteiger partial charge in [-0.2, -0.15) is 0 Å². The lowest BCUT2D eigenvalue weighted by molar-refractivity contribution is 0.102. The highest BCUT2D eigenvalue weighted by molar-refractivity contribution is 7.14. The normalized spacial score (nSPS) is 10.6. The summed E-state index contributed by atoms with van der Waals surface area (Å²) in [5.41, 5.74) is 1.07. The Morgan fingerprint density at radius 2 is 1.72 bits per heavy atom. The molecule has 0 atom stereocenters. The van der Waals surface area contributed by atoms with E-state index in [4.69, 9.17) is 18.6 Å². The number of amides is 1. The van der Waals surface area contributed by atoms with Crippen LogP contribution in [0.2, 0.25) is 0 Å². The number of ether oxygens (including phenoxy) is 3. The summed E-state index contributed by atoms with van der Waals surface area (Å²) >= 11 is 1.33. The van der Waals surface area contributed by atoms with Crippen molar-refractivity contribution >= 4 is 22.4 Å². The van der Waals surface area contributed by atoms with Crippen LogP contribution < -0.4 is 19.5 Å². The maximum absolute atomic E-state index is 12.8. The van der Waals surface area contributed by atoms with Gasteiger partial charge < -0.3 is 18.6 Å². The molecule has 1 amide bonds. The molecule has 8 heteroatoms. The number of nitrogens with zero attached hydrogens (tertiary/aromatic N) is 1. The second-order valence-corrected chi connectivity index (χ2v) is 6.86. The number of rotatable bonds is 9. The predicted octanol–water partition coefficient (Wildman–Crippen LogP) is 5.16. The molecule has 1 aromatic carbocycles. The lowest BCUT2D eigenvalue weighted by Gasteiger charge is -2.16. The molecule has 0 aliphatic heterocycles. The zero-order valence-electron chi connectivity index (χ0n) is 16.9. The van der Waals surface area contributed by atoms with Crippen LogP contribution in [0.3, 0.4) is 0 Å². The second-order valence-electron chi connectivity index (χ2n) is 6.00. The number of aromatic nitrogens is 1. The minimum atomic E-state index is -0.313. The molecule has 0 radical (unpaired) electrons. The molecule has 7 nitrogen and oxygen atoms in total. The van der Waals surface area contributed by atoms with E-state index in [0.29, 0.717) is 59.2 Å². The lowest BCUT2D eigenvalue weighted by atomic mass is 10.1. The first kappa shape index (κ1) is 20.7. The fourth-order valence-electron chi connectivity index (χ4n) is 2.71. The fraction of sp³-hybridized carbons (Fsp3) is 0.333. The summed E-state index contributed by atoms with van der Waals surface area (Å²) < 4.78 is 22.6. The van der Waals surface area contributed by atoms with E-state index in [-0.39, 0.29) is 5.91 Å². The van der Waals surface area contributed by atoms with Crippen LogP contribution in [-0.4, -0.2) is 30.7 Å². The zero-order chi connectivity index (χ0) is 20.8. The van der Waals surface area contributed by atoms with Crippen molar-refractivity contribution in [3.8, 4) is 28.7 Å². The average molecular weight is 416 g/mol. The van der Waals surface area contributed by atoms with Crippen LogP contribution in [0.1, 0.15) is 36.9 Å². The molecule has 3 aromatic rings. The van der Waals surface area contributed by atoms with Gasteiger partial charge in [-0.05, 0) is 52.0 Å². The van der Waals surface area contributed by atoms with Gasteiger partial charge in [-0.1, -0.05) is 0 Å². The lowest BCUT2D eigenvalue weighted by Crippen LogP contribution is -2.13. The number of carbonyl (C=O) groups excluding carboxylic acids is 1. The first-order valence-electron chi connectivity index (χ1n) is 9.45. The van der Waals surface area contributed by atoms with Crippen LogP contribution in [-0.2, 0) is 0 Å². The molecule has 3 rings (SSSR count). The molecule has 0 spiro atoms. The Morgan fingerprint density at radius 1 is 1.07 bits per heavy atom. The molecular formula is C21H24N2O5S. The first-order valence-corrected chi connectivity index (χ1v) is 10.3. The van der Waals surface area contributed by atoms with Crippen LogP contribution in [0.25, 0.3) is 11.5 Å². The number of benzene rings is 1. The number of anilines is 1. The Labute approximate surface area is 173 Å². The number of hydrogen-bond donors (Lipinski definition) is 1. The molecule has 2 heterocycles. The number of aryl methyl sites for hydroxylation is 1. The summed E-state index contributed by atoms with van der Waals surface area (Å²) in [6, 6.07) is 7.02. The molecule has 2 aromatic heterocycles. The van der Waals surface area contributed by atoms with Gasteiger partial charge >= 0.3 is 0 Å². The summed E-state index contributed by atoms with van der Waals surface area (Å²) in [5, 5.41) is 5.13. The number of carbonyl (C=O) groups is 1. The number of nitrogens with one attached hydrogen (secondary N) is 1. The van der Waals surface area contributed by atoms with Crippen LogP contribution in [0.15, 0.2) is 34.1 Å². The van der Waals surface area contributed by atoms with Gasteiger partial charge in [0.25, 0.3) is 5.91 Å². The van der Waals surface area contributed by atoms with Gasteiger partial charge in [0.2, 0.25) is 5.75 Å².